The van der Waals surface area contributed by atoms with Gasteiger partial charge in [0, 0.05) is 30.0 Å². The molecule has 2 aromatic carbocycles. The van der Waals surface area contributed by atoms with Gasteiger partial charge in [-0.2, -0.15) is 0 Å². The highest BCUT2D eigenvalue weighted by Crippen LogP contribution is 2.26. The predicted octanol–water partition coefficient (Wildman–Crippen LogP) is 3.43. The van der Waals surface area contributed by atoms with Gasteiger partial charge in [-0.3, -0.25) is 9.59 Å². The van der Waals surface area contributed by atoms with Crippen LogP contribution in [-0.4, -0.2) is 24.9 Å². The molecule has 0 bridgehead atoms. The summed E-state index contributed by atoms with van der Waals surface area (Å²) in [6.45, 7) is 2.79. The minimum absolute atomic E-state index is 0.0295. The third-order valence-electron chi connectivity index (χ3n) is 4.32. The highest BCUT2D eigenvalue weighted by atomic mass is 16.2. The SMILES string of the molecule is CCC(=O)Nc1cccc(NCC(=O)N2CCCc3ccccc32)c1. The summed E-state index contributed by atoms with van der Waals surface area (Å²) < 4.78 is 0. The van der Waals surface area contributed by atoms with Crippen LogP contribution in [-0.2, 0) is 16.0 Å². The van der Waals surface area contributed by atoms with Crippen molar-refractivity contribution in [1.82, 2.24) is 0 Å². The Morgan fingerprint density at radius 3 is 2.72 bits per heavy atom. The number of para-hydroxylation sites is 1. The monoisotopic (exact) mass is 337 g/mol. The van der Waals surface area contributed by atoms with Crippen molar-refractivity contribution in [2.24, 2.45) is 0 Å². The van der Waals surface area contributed by atoms with Gasteiger partial charge in [0.1, 0.15) is 0 Å². The van der Waals surface area contributed by atoms with E-state index >= 15 is 0 Å². The standard InChI is InChI=1S/C20H23N3O2/c1-2-19(24)22-17-10-5-9-16(13-17)21-14-20(25)23-12-6-8-15-7-3-4-11-18(15)23/h3-5,7,9-11,13,21H,2,6,8,12,14H2,1H3,(H,22,24). The smallest absolute Gasteiger partial charge is 0.246 e. The number of fused-ring (bicyclic) bond motifs is 1. The van der Waals surface area contributed by atoms with Gasteiger partial charge in [0.15, 0.2) is 0 Å². The van der Waals surface area contributed by atoms with Crippen molar-refractivity contribution in [3.05, 3.63) is 54.1 Å². The van der Waals surface area contributed by atoms with Crippen LogP contribution in [0.5, 0.6) is 0 Å². The number of aryl methyl sites for hydroxylation is 1. The van der Waals surface area contributed by atoms with Crippen LogP contribution in [0.25, 0.3) is 0 Å². The zero-order valence-corrected chi connectivity index (χ0v) is 14.4. The van der Waals surface area contributed by atoms with Crippen LogP contribution in [0.1, 0.15) is 25.3 Å². The molecule has 2 amide bonds. The maximum absolute atomic E-state index is 12.6. The Kier molecular flexibility index (Phi) is 5.33. The summed E-state index contributed by atoms with van der Waals surface area (Å²) in [6.07, 6.45) is 2.44. The fraction of sp³-hybridized carbons (Fsp3) is 0.300. The van der Waals surface area contributed by atoms with Gasteiger partial charge in [-0.15, -0.1) is 0 Å². The maximum Gasteiger partial charge on any atom is 0.246 e. The summed E-state index contributed by atoms with van der Waals surface area (Å²) in [5.74, 6) is 0.0216. The van der Waals surface area contributed by atoms with Crippen LogP contribution >= 0.6 is 0 Å². The van der Waals surface area contributed by atoms with Crippen molar-refractivity contribution < 1.29 is 9.59 Å². The van der Waals surface area contributed by atoms with E-state index in [0.717, 1.165) is 36.4 Å². The molecule has 0 saturated heterocycles. The highest BCUT2D eigenvalue weighted by molar-refractivity contribution is 5.97. The van der Waals surface area contributed by atoms with E-state index < -0.39 is 0 Å². The molecule has 0 aliphatic carbocycles. The first-order valence-corrected chi connectivity index (χ1v) is 8.69. The second kappa shape index (κ2) is 7.83. The Labute approximate surface area is 148 Å². The van der Waals surface area contributed by atoms with Gasteiger partial charge in [-0.1, -0.05) is 31.2 Å². The number of carbonyl (C=O) groups excluding carboxylic acids is 2. The van der Waals surface area contributed by atoms with Gasteiger partial charge < -0.3 is 15.5 Å². The summed E-state index contributed by atoms with van der Waals surface area (Å²) in [4.78, 5) is 26.0. The lowest BCUT2D eigenvalue weighted by molar-refractivity contribution is -0.117. The summed E-state index contributed by atoms with van der Waals surface area (Å²) >= 11 is 0. The summed E-state index contributed by atoms with van der Waals surface area (Å²) in [6, 6.07) is 15.5. The molecule has 0 spiro atoms. The molecule has 0 saturated carbocycles. The molecule has 25 heavy (non-hydrogen) atoms. The molecule has 5 nitrogen and oxygen atoms in total. The Morgan fingerprint density at radius 2 is 1.88 bits per heavy atom. The second-order valence-corrected chi connectivity index (χ2v) is 6.11. The molecular weight excluding hydrogens is 314 g/mol. The van der Waals surface area contributed by atoms with Crippen LogP contribution in [0, 0.1) is 0 Å². The zero-order chi connectivity index (χ0) is 17.6. The van der Waals surface area contributed by atoms with Crippen molar-refractivity contribution >= 4 is 28.9 Å². The molecule has 1 aliphatic rings. The van der Waals surface area contributed by atoms with Gasteiger partial charge >= 0.3 is 0 Å². The molecule has 0 radical (unpaired) electrons. The minimum atomic E-state index is -0.0295. The minimum Gasteiger partial charge on any atom is -0.376 e. The number of hydrogen-bond acceptors (Lipinski definition) is 3. The third-order valence-corrected chi connectivity index (χ3v) is 4.32. The maximum atomic E-state index is 12.6. The molecule has 2 aromatic rings. The van der Waals surface area contributed by atoms with Crippen LogP contribution in [0.3, 0.4) is 0 Å². The highest BCUT2D eigenvalue weighted by Gasteiger charge is 2.21. The molecule has 1 aliphatic heterocycles. The van der Waals surface area contributed by atoms with Crippen molar-refractivity contribution in [2.75, 3.05) is 28.6 Å². The number of carbonyl (C=O) groups is 2. The first-order valence-electron chi connectivity index (χ1n) is 8.69. The van der Waals surface area contributed by atoms with E-state index in [2.05, 4.69) is 16.7 Å². The van der Waals surface area contributed by atoms with Crippen molar-refractivity contribution in [3.8, 4) is 0 Å². The lowest BCUT2D eigenvalue weighted by Gasteiger charge is -2.29. The molecule has 0 unspecified atom stereocenters. The van der Waals surface area contributed by atoms with Crippen molar-refractivity contribution in [2.45, 2.75) is 26.2 Å². The fourth-order valence-electron chi connectivity index (χ4n) is 3.02. The molecule has 0 aromatic heterocycles. The van der Waals surface area contributed by atoms with E-state index in [1.54, 1.807) is 0 Å². The Bertz CT molecular complexity index is 773. The quantitative estimate of drug-likeness (QED) is 0.879. The lowest BCUT2D eigenvalue weighted by Crippen LogP contribution is -2.39. The van der Waals surface area contributed by atoms with Crippen molar-refractivity contribution in [1.29, 1.82) is 0 Å². The molecule has 3 rings (SSSR count). The Hall–Kier alpha value is -2.82. The first-order chi connectivity index (χ1) is 12.2. The summed E-state index contributed by atoms with van der Waals surface area (Å²) in [5.41, 5.74) is 3.79. The largest absolute Gasteiger partial charge is 0.376 e. The molecule has 2 N–H and O–H groups in total. The molecule has 1 heterocycles. The van der Waals surface area contributed by atoms with E-state index in [1.807, 2.05) is 54.3 Å². The molecule has 5 heteroatoms. The molecule has 130 valence electrons. The number of amides is 2. The fourth-order valence-corrected chi connectivity index (χ4v) is 3.02. The Morgan fingerprint density at radius 1 is 1.08 bits per heavy atom. The molecular formula is C20H23N3O2. The van der Waals surface area contributed by atoms with E-state index in [9.17, 15) is 9.59 Å². The third kappa shape index (κ3) is 4.18. The Balaban J connectivity index is 1.63. The van der Waals surface area contributed by atoms with Crippen LogP contribution in [0.4, 0.5) is 17.1 Å². The topological polar surface area (TPSA) is 61.4 Å². The number of nitrogens with zero attached hydrogens (tertiary/aromatic N) is 1. The van der Waals surface area contributed by atoms with Gasteiger partial charge in [0.25, 0.3) is 0 Å². The van der Waals surface area contributed by atoms with Crippen molar-refractivity contribution in [3.63, 3.8) is 0 Å². The number of hydrogen-bond donors (Lipinski definition) is 2. The van der Waals surface area contributed by atoms with E-state index in [-0.39, 0.29) is 18.4 Å². The van der Waals surface area contributed by atoms with Gasteiger partial charge in [0.05, 0.1) is 6.54 Å². The van der Waals surface area contributed by atoms with E-state index in [0.29, 0.717) is 6.42 Å². The number of rotatable bonds is 5. The second-order valence-electron chi connectivity index (χ2n) is 6.11. The van der Waals surface area contributed by atoms with Crippen LogP contribution in [0.15, 0.2) is 48.5 Å². The number of anilines is 3. The summed E-state index contributed by atoms with van der Waals surface area (Å²) in [5, 5.41) is 5.98. The molecule has 0 atom stereocenters. The number of nitrogens with one attached hydrogen (secondary N) is 2. The van der Waals surface area contributed by atoms with E-state index in [1.165, 1.54) is 5.56 Å². The average Bonchev–Trinajstić information content (AvgIpc) is 2.66. The van der Waals surface area contributed by atoms with Crippen LogP contribution in [0.2, 0.25) is 0 Å². The lowest BCUT2D eigenvalue weighted by atomic mass is 10.0. The number of benzene rings is 2. The normalized spacial score (nSPS) is 13.1. The zero-order valence-electron chi connectivity index (χ0n) is 14.4. The first kappa shape index (κ1) is 17.0. The summed E-state index contributed by atoms with van der Waals surface area (Å²) in [7, 11) is 0. The predicted molar refractivity (Wildman–Crippen MR) is 101 cm³/mol. The molecule has 0 fully saturated rings. The van der Waals surface area contributed by atoms with Gasteiger partial charge in [0.2, 0.25) is 11.8 Å². The van der Waals surface area contributed by atoms with Crippen LogP contribution < -0.4 is 15.5 Å². The van der Waals surface area contributed by atoms with Gasteiger partial charge in [-0.25, -0.2) is 0 Å². The van der Waals surface area contributed by atoms with Gasteiger partial charge in [-0.05, 0) is 42.7 Å². The average molecular weight is 337 g/mol. The van der Waals surface area contributed by atoms with E-state index in [4.69, 9.17) is 0 Å².